The number of benzene rings is 1. The van der Waals surface area contributed by atoms with Crippen molar-refractivity contribution in [1.29, 1.82) is 0 Å². The molecule has 0 bridgehead atoms. The predicted molar refractivity (Wildman–Crippen MR) is 78.4 cm³/mol. The molecule has 1 atom stereocenters. The van der Waals surface area contributed by atoms with Crippen molar-refractivity contribution in [2.75, 3.05) is 39.8 Å². The minimum Gasteiger partial charge on any atom is -0.492 e. The normalized spacial score (nSPS) is 21.5. The van der Waals surface area contributed by atoms with E-state index in [-0.39, 0.29) is 0 Å². The summed E-state index contributed by atoms with van der Waals surface area (Å²) in [7, 11) is 2.18. The maximum absolute atomic E-state index is 5.79. The lowest BCUT2D eigenvalue weighted by Gasteiger charge is -2.38. The van der Waals surface area contributed by atoms with Gasteiger partial charge in [-0.2, -0.15) is 0 Å². The second-order valence-electron chi connectivity index (χ2n) is 5.34. The lowest BCUT2D eigenvalue weighted by atomic mass is 10.2. The van der Waals surface area contributed by atoms with Gasteiger partial charge < -0.3 is 15.4 Å². The number of piperazine rings is 1. The number of ether oxygens (including phenoxy) is 1. The zero-order chi connectivity index (χ0) is 13.7. The number of nitrogens with zero attached hydrogens (tertiary/aromatic N) is 2. The molecule has 1 unspecified atom stereocenters. The van der Waals surface area contributed by atoms with Crippen LogP contribution in [0.4, 0.5) is 0 Å². The smallest absolute Gasteiger partial charge is 0.119 e. The fourth-order valence-electron chi connectivity index (χ4n) is 2.51. The largest absolute Gasteiger partial charge is 0.492 e. The van der Waals surface area contributed by atoms with E-state index in [1.165, 1.54) is 0 Å². The summed E-state index contributed by atoms with van der Waals surface area (Å²) in [6.07, 6.45) is 0. The second-order valence-corrected chi connectivity index (χ2v) is 5.34. The molecule has 0 radical (unpaired) electrons. The highest BCUT2D eigenvalue weighted by Gasteiger charge is 2.20. The summed E-state index contributed by atoms with van der Waals surface area (Å²) in [5, 5.41) is 0. The predicted octanol–water partition coefficient (Wildman–Crippen LogP) is 1.16. The minimum absolute atomic E-state index is 0.582. The lowest BCUT2D eigenvalue weighted by molar-refractivity contribution is 0.0858. The van der Waals surface area contributed by atoms with Crippen LogP contribution in [0.5, 0.6) is 5.75 Å². The molecule has 4 nitrogen and oxygen atoms in total. The maximum atomic E-state index is 5.79. The first-order valence-electron chi connectivity index (χ1n) is 7.03. The summed E-state index contributed by atoms with van der Waals surface area (Å²) in [6.45, 7) is 8.03. The summed E-state index contributed by atoms with van der Waals surface area (Å²) in [5.74, 6) is 0.930. The zero-order valence-corrected chi connectivity index (χ0v) is 12.0. The molecular weight excluding hydrogens is 238 g/mol. The first-order valence-corrected chi connectivity index (χ1v) is 7.03. The Bertz CT molecular complexity index is 379. The molecule has 1 aromatic rings. The van der Waals surface area contributed by atoms with E-state index in [0.29, 0.717) is 12.6 Å². The van der Waals surface area contributed by atoms with Crippen molar-refractivity contribution in [1.82, 2.24) is 9.80 Å². The maximum Gasteiger partial charge on any atom is 0.119 e. The molecule has 1 saturated heterocycles. The van der Waals surface area contributed by atoms with Crippen molar-refractivity contribution in [2.24, 2.45) is 5.73 Å². The standard InChI is InChI=1S/C15H25N3O/c1-13-12-17(2)7-8-18(13)9-10-19-15-5-3-14(11-16)4-6-15/h3-6,13H,7-12,16H2,1-2H3. The van der Waals surface area contributed by atoms with E-state index in [1.54, 1.807) is 0 Å². The average molecular weight is 263 g/mol. The highest BCUT2D eigenvalue weighted by Crippen LogP contribution is 2.12. The van der Waals surface area contributed by atoms with Gasteiger partial charge in [-0.1, -0.05) is 12.1 Å². The number of hydrogen-bond donors (Lipinski definition) is 1. The Morgan fingerprint density at radius 3 is 2.63 bits per heavy atom. The Labute approximate surface area is 116 Å². The van der Waals surface area contributed by atoms with Crippen LogP contribution in [0.1, 0.15) is 12.5 Å². The molecule has 1 aliphatic heterocycles. The fourth-order valence-corrected chi connectivity index (χ4v) is 2.51. The molecule has 1 aromatic carbocycles. The molecule has 0 amide bonds. The number of hydrogen-bond acceptors (Lipinski definition) is 4. The Kier molecular flexibility index (Phi) is 5.19. The van der Waals surface area contributed by atoms with Crippen LogP contribution in [0.2, 0.25) is 0 Å². The molecule has 106 valence electrons. The topological polar surface area (TPSA) is 41.7 Å². The van der Waals surface area contributed by atoms with E-state index in [2.05, 4.69) is 23.8 Å². The van der Waals surface area contributed by atoms with Crippen molar-refractivity contribution in [3.8, 4) is 5.75 Å². The van der Waals surface area contributed by atoms with Gasteiger partial charge in [0.1, 0.15) is 12.4 Å². The second kappa shape index (κ2) is 6.89. The van der Waals surface area contributed by atoms with Gasteiger partial charge in [0.25, 0.3) is 0 Å². The number of rotatable bonds is 5. The van der Waals surface area contributed by atoms with Crippen LogP contribution in [-0.4, -0.2) is 55.7 Å². The van der Waals surface area contributed by atoms with Crippen LogP contribution >= 0.6 is 0 Å². The third-order valence-corrected chi connectivity index (χ3v) is 3.77. The summed E-state index contributed by atoms with van der Waals surface area (Å²) < 4.78 is 5.79. The molecule has 1 heterocycles. The molecule has 2 N–H and O–H groups in total. The summed E-state index contributed by atoms with van der Waals surface area (Å²) in [4.78, 5) is 4.88. The highest BCUT2D eigenvalue weighted by molar-refractivity contribution is 5.27. The van der Waals surface area contributed by atoms with Gasteiger partial charge in [-0.05, 0) is 31.7 Å². The van der Waals surface area contributed by atoms with E-state index in [4.69, 9.17) is 10.5 Å². The van der Waals surface area contributed by atoms with Gasteiger partial charge in [0, 0.05) is 38.8 Å². The summed E-state index contributed by atoms with van der Waals surface area (Å²) in [6, 6.07) is 8.65. The van der Waals surface area contributed by atoms with E-state index < -0.39 is 0 Å². The van der Waals surface area contributed by atoms with Crippen LogP contribution in [0.15, 0.2) is 24.3 Å². The van der Waals surface area contributed by atoms with Crippen LogP contribution in [0.3, 0.4) is 0 Å². The molecule has 0 aromatic heterocycles. The molecular formula is C15H25N3O. The van der Waals surface area contributed by atoms with Crippen molar-refractivity contribution in [3.05, 3.63) is 29.8 Å². The van der Waals surface area contributed by atoms with Crippen molar-refractivity contribution in [2.45, 2.75) is 19.5 Å². The Morgan fingerprint density at radius 1 is 1.26 bits per heavy atom. The lowest BCUT2D eigenvalue weighted by Crippen LogP contribution is -2.51. The molecule has 1 fully saturated rings. The van der Waals surface area contributed by atoms with Crippen LogP contribution in [-0.2, 0) is 6.54 Å². The van der Waals surface area contributed by atoms with E-state index in [1.807, 2.05) is 24.3 Å². The molecule has 0 saturated carbocycles. The first-order chi connectivity index (χ1) is 9.19. The van der Waals surface area contributed by atoms with E-state index in [0.717, 1.165) is 44.1 Å². The molecule has 1 aliphatic rings. The van der Waals surface area contributed by atoms with E-state index >= 15 is 0 Å². The Hall–Kier alpha value is -1.10. The van der Waals surface area contributed by atoms with Gasteiger partial charge in [0.2, 0.25) is 0 Å². The zero-order valence-electron chi connectivity index (χ0n) is 12.0. The highest BCUT2D eigenvalue weighted by atomic mass is 16.5. The monoisotopic (exact) mass is 263 g/mol. The van der Waals surface area contributed by atoms with Gasteiger partial charge in [-0.15, -0.1) is 0 Å². The molecule has 2 rings (SSSR count). The van der Waals surface area contributed by atoms with Gasteiger partial charge in [0.05, 0.1) is 0 Å². The van der Waals surface area contributed by atoms with Gasteiger partial charge in [0.15, 0.2) is 0 Å². The Morgan fingerprint density at radius 2 is 2.00 bits per heavy atom. The number of nitrogens with two attached hydrogens (primary N) is 1. The van der Waals surface area contributed by atoms with Crippen molar-refractivity contribution in [3.63, 3.8) is 0 Å². The van der Waals surface area contributed by atoms with Crippen LogP contribution in [0.25, 0.3) is 0 Å². The third kappa shape index (κ3) is 4.20. The molecule has 0 spiro atoms. The summed E-state index contributed by atoms with van der Waals surface area (Å²) >= 11 is 0. The quantitative estimate of drug-likeness (QED) is 0.865. The minimum atomic E-state index is 0.582. The van der Waals surface area contributed by atoms with Gasteiger partial charge >= 0.3 is 0 Å². The average Bonchev–Trinajstić information content (AvgIpc) is 2.42. The van der Waals surface area contributed by atoms with Crippen LogP contribution in [0, 0.1) is 0 Å². The Balaban J connectivity index is 1.73. The molecule has 0 aliphatic carbocycles. The number of likely N-dealkylation sites (N-methyl/N-ethyl adjacent to an activating group) is 1. The van der Waals surface area contributed by atoms with E-state index in [9.17, 15) is 0 Å². The van der Waals surface area contributed by atoms with Gasteiger partial charge in [-0.3, -0.25) is 4.90 Å². The van der Waals surface area contributed by atoms with Gasteiger partial charge in [-0.25, -0.2) is 0 Å². The van der Waals surface area contributed by atoms with Crippen molar-refractivity contribution < 1.29 is 4.74 Å². The summed E-state index contributed by atoms with van der Waals surface area (Å²) in [5.41, 5.74) is 6.71. The van der Waals surface area contributed by atoms with Crippen molar-refractivity contribution >= 4 is 0 Å². The first kappa shape index (κ1) is 14.3. The third-order valence-electron chi connectivity index (χ3n) is 3.77. The SMILES string of the molecule is CC1CN(C)CCN1CCOc1ccc(CN)cc1. The van der Waals surface area contributed by atoms with Crippen LogP contribution < -0.4 is 10.5 Å². The molecule has 19 heavy (non-hydrogen) atoms. The molecule has 4 heteroatoms. The fraction of sp³-hybridized carbons (Fsp3) is 0.600.